The largest absolute Gasteiger partial charge is 0.385 e. The first-order valence-electron chi connectivity index (χ1n) is 4.16. The van der Waals surface area contributed by atoms with E-state index in [4.69, 9.17) is 23.2 Å². The van der Waals surface area contributed by atoms with Crippen LogP contribution in [-0.4, -0.2) is 10.1 Å². The van der Waals surface area contributed by atoms with Crippen LogP contribution in [0.5, 0.6) is 0 Å². The standard InChI is InChI=1S/C9H9Cl2NO/c10-7-4-6(5-12-8(7)11)9(13)2-1-3-9/h4-5,13H,1-3H2. The maximum absolute atomic E-state index is 9.95. The number of pyridine rings is 1. The second kappa shape index (κ2) is 3.12. The van der Waals surface area contributed by atoms with Gasteiger partial charge in [-0.1, -0.05) is 23.2 Å². The van der Waals surface area contributed by atoms with Crippen molar-refractivity contribution in [2.24, 2.45) is 0 Å². The minimum absolute atomic E-state index is 0.286. The van der Waals surface area contributed by atoms with E-state index in [1.165, 1.54) is 0 Å². The number of aliphatic hydroxyl groups is 1. The molecule has 1 aromatic rings. The molecular formula is C9H9Cl2NO. The molecule has 2 nitrogen and oxygen atoms in total. The highest BCUT2D eigenvalue weighted by Gasteiger charge is 2.36. The molecule has 1 aromatic heterocycles. The van der Waals surface area contributed by atoms with E-state index in [0.29, 0.717) is 5.02 Å². The van der Waals surface area contributed by atoms with Gasteiger partial charge >= 0.3 is 0 Å². The van der Waals surface area contributed by atoms with E-state index >= 15 is 0 Å². The van der Waals surface area contributed by atoms with Crippen molar-refractivity contribution in [3.05, 3.63) is 28.0 Å². The lowest BCUT2D eigenvalue weighted by Gasteiger charge is -2.36. The van der Waals surface area contributed by atoms with Crippen molar-refractivity contribution in [3.63, 3.8) is 0 Å². The monoisotopic (exact) mass is 217 g/mol. The maximum atomic E-state index is 9.95. The Morgan fingerprint density at radius 1 is 1.38 bits per heavy atom. The third kappa shape index (κ3) is 1.54. The molecule has 1 aliphatic rings. The van der Waals surface area contributed by atoms with Gasteiger partial charge in [0.05, 0.1) is 10.6 Å². The predicted molar refractivity (Wildman–Crippen MR) is 52.0 cm³/mol. The van der Waals surface area contributed by atoms with Crippen molar-refractivity contribution < 1.29 is 5.11 Å². The highest BCUT2D eigenvalue weighted by Crippen LogP contribution is 2.41. The Morgan fingerprint density at radius 3 is 2.54 bits per heavy atom. The summed E-state index contributed by atoms with van der Waals surface area (Å²) in [5, 5.41) is 10.6. The Labute approximate surface area is 86.5 Å². The van der Waals surface area contributed by atoms with Crippen molar-refractivity contribution in [2.45, 2.75) is 24.9 Å². The normalized spacial score (nSPS) is 19.6. The highest BCUT2D eigenvalue weighted by molar-refractivity contribution is 6.41. The van der Waals surface area contributed by atoms with E-state index < -0.39 is 5.60 Å². The van der Waals surface area contributed by atoms with Crippen molar-refractivity contribution in [1.82, 2.24) is 4.98 Å². The minimum atomic E-state index is -0.707. The van der Waals surface area contributed by atoms with Gasteiger partial charge in [-0.3, -0.25) is 0 Å². The van der Waals surface area contributed by atoms with Gasteiger partial charge in [0.15, 0.2) is 0 Å². The number of halogens is 2. The minimum Gasteiger partial charge on any atom is -0.385 e. The van der Waals surface area contributed by atoms with Crippen molar-refractivity contribution in [3.8, 4) is 0 Å². The SMILES string of the molecule is OC1(c2cnc(Cl)c(Cl)c2)CCC1. The molecule has 0 aliphatic heterocycles. The van der Waals surface area contributed by atoms with Gasteiger partial charge in [0.1, 0.15) is 5.15 Å². The molecule has 0 unspecified atom stereocenters. The molecule has 0 aromatic carbocycles. The molecule has 0 amide bonds. The molecule has 0 radical (unpaired) electrons. The molecule has 1 N–H and O–H groups in total. The molecule has 0 bridgehead atoms. The zero-order valence-electron chi connectivity index (χ0n) is 6.93. The van der Waals surface area contributed by atoms with Gasteiger partial charge < -0.3 is 5.11 Å². The summed E-state index contributed by atoms with van der Waals surface area (Å²) in [5.41, 5.74) is 0.0643. The average molecular weight is 218 g/mol. The molecule has 0 atom stereocenters. The molecule has 1 aliphatic carbocycles. The molecule has 1 saturated carbocycles. The molecule has 0 spiro atoms. The number of hydrogen-bond acceptors (Lipinski definition) is 2. The topological polar surface area (TPSA) is 33.1 Å². The molecule has 4 heteroatoms. The lowest BCUT2D eigenvalue weighted by Crippen LogP contribution is -2.33. The summed E-state index contributed by atoms with van der Waals surface area (Å²) in [4.78, 5) is 3.90. The summed E-state index contributed by atoms with van der Waals surface area (Å²) in [6.45, 7) is 0. The number of aromatic nitrogens is 1. The lowest BCUT2D eigenvalue weighted by molar-refractivity contribution is -0.0390. The van der Waals surface area contributed by atoms with Gasteiger partial charge in [-0.2, -0.15) is 0 Å². The average Bonchev–Trinajstić information content (AvgIpc) is 2.06. The predicted octanol–water partition coefficient (Wildman–Crippen LogP) is 2.76. The van der Waals surface area contributed by atoms with Crippen LogP contribution in [0, 0.1) is 0 Å². The summed E-state index contributed by atoms with van der Waals surface area (Å²) in [6.07, 6.45) is 4.21. The van der Waals surface area contributed by atoms with Gasteiger partial charge in [0, 0.05) is 11.8 Å². The first kappa shape index (κ1) is 9.25. The van der Waals surface area contributed by atoms with Crippen LogP contribution >= 0.6 is 23.2 Å². The molecule has 1 fully saturated rings. The highest BCUT2D eigenvalue weighted by atomic mass is 35.5. The summed E-state index contributed by atoms with van der Waals surface area (Å²) >= 11 is 11.5. The Bertz CT molecular complexity index is 336. The van der Waals surface area contributed by atoms with Crippen LogP contribution in [0.4, 0.5) is 0 Å². The van der Waals surface area contributed by atoms with Gasteiger partial charge in [-0.25, -0.2) is 4.98 Å². The van der Waals surface area contributed by atoms with Crippen LogP contribution in [0.3, 0.4) is 0 Å². The Hall–Kier alpha value is -0.310. The number of hydrogen-bond donors (Lipinski definition) is 1. The molecule has 70 valence electrons. The van der Waals surface area contributed by atoms with Gasteiger partial charge in [-0.05, 0) is 25.3 Å². The first-order chi connectivity index (χ1) is 6.12. The van der Waals surface area contributed by atoms with Crippen LogP contribution in [0.2, 0.25) is 10.2 Å². The van der Waals surface area contributed by atoms with Gasteiger partial charge in [0.2, 0.25) is 0 Å². The third-order valence-electron chi connectivity index (χ3n) is 2.51. The molecule has 1 heterocycles. The molecular weight excluding hydrogens is 209 g/mol. The van der Waals surface area contributed by atoms with E-state index in [9.17, 15) is 5.11 Å². The second-order valence-electron chi connectivity index (χ2n) is 3.38. The van der Waals surface area contributed by atoms with E-state index in [0.717, 1.165) is 24.8 Å². The zero-order chi connectivity index (χ0) is 9.47. The lowest BCUT2D eigenvalue weighted by atomic mass is 9.76. The molecule has 2 rings (SSSR count). The third-order valence-corrected chi connectivity index (χ3v) is 3.20. The Kier molecular flexibility index (Phi) is 2.22. The Morgan fingerprint density at radius 2 is 2.08 bits per heavy atom. The number of nitrogens with zero attached hydrogens (tertiary/aromatic N) is 1. The fourth-order valence-electron chi connectivity index (χ4n) is 1.48. The van der Waals surface area contributed by atoms with Crippen molar-refractivity contribution >= 4 is 23.2 Å². The van der Waals surface area contributed by atoms with Crippen molar-refractivity contribution in [2.75, 3.05) is 0 Å². The Balaban J connectivity index is 2.36. The van der Waals surface area contributed by atoms with Gasteiger partial charge in [-0.15, -0.1) is 0 Å². The van der Waals surface area contributed by atoms with E-state index in [2.05, 4.69) is 4.98 Å². The van der Waals surface area contributed by atoms with Crippen LogP contribution < -0.4 is 0 Å². The fourth-order valence-corrected chi connectivity index (χ4v) is 1.75. The number of rotatable bonds is 1. The van der Waals surface area contributed by atoms with Gasteiger partial charge in [0.25, 0.3) is 0 Å². The molecule has 0 saturated heterocycles. The first-order valence-corrected chi connectivity index (χ1v) is 4.91. The quantitative estimate of drug-likeness (QED) is 0.735. The zero-order valence-corrected chi connectivity index (χ0v) is 8.44. The van der Waals surface area contributed by atoms with E-state index in [1.54, 1.807) is 12.3 Å². The van der Waals surface area contributed by atoms with E-state index in [-0.39, 0.29) is 5.15 Å². The van der Waals surface area contributed by atoms with E-state index in [1.807, 2.05) is 0 Å². The second-order valence-corrected chi connectivity index (χ2v) is 4.15. The van der Waals surface area contributed by atoms with Crippen LogP contribution in [-0.2, 0) is 5.60 Å². The summed E-state index contributed by atoms with van der Waals surface area (Å²) < 4.78 is 0. The summed E-state index contributed by atoms with van der Waals surface area (Å²) in [6, 6.07) is 1.69. The molecule has 13 heavy (non-hydrogen) atoms. The smallest absolute Gasteiger partial charge is 0.147 e. The maximum Gasteiger partial charge on any atom is 0.147 e. The van der Waals surface area contributed by atoms with Crippen LogP contribution in [0.1, 0.15) is 24.8 Å². The summed E-state index contributed by atoms with van der Waals surface area (Å²) in [5.74, 6) is 0. The van der Waals surface area contributed by atoms with Crippen molar-refractivity contribution in [1.29, 1.82) is 0 Å². The fraction of sp³-hybridized carbons (Fsp3) is 0.444. The van der Waals surface area contributed by atoms with Crippen LogP contribution in [0.15, 0.2) is 12.3 Å². The van der Waals surface area contributed by atoms with Crippen LogP contribution in [0.25, 0.3) is 0 Å². The summed E-state index contributed by atoms with van der Waals surface area (Å²) in [7, 11) is 0.